The first kappa shape index (κ1) is 19.6. The van der Waals surface area contributed by atoms with Gasteiger partial charge in [0.2, 0.25) is 0 Å². The van der Waals surface area contributed by atoms with Crippen molar-refractivity contribution < 1.29 is 14.4 Å². The van der Waals surface area contributed by atoms with E-state index in [1.54, 1.807) is 12.1 Å². The molecule has 3 aromatic carbocycles. The van der Waals surface area contributed by atoms with Crippen LogP contribution in [-0.4, -0.2) is 17.7 Å². The number of nitrogens with one attached hydrogen (secondary N) is 1. The first-order valence-corrected chi connectivity index (χ1v) is 9.75. The Morgan fingerprint density at radius 2 is 1.40 bits per heavy atom. The quantitative estimate of drug-likeness (QED) is 0.633. The number of rotatable bonds is 3. The van der Waals surface area contributed by atoms with Gasteiger partial charge in [-0.25, -0.2) is 4.90 Å². The van der Waals surface area contributed by atoms with E-state index < -0.39 is 5.91 Å². The number of aryl methyl sites for hydroxylation is 4. The maximum atomic E-state index is 13.1. The molecular formula is C25H22N2O3. The summed E-state index contributed by atoms with van der Waals surface area (Å²) >= 11 is 0. The summed E-state index contributed by atoms with van der Waals surface area (Å²) in [7, 11) is 0. The van der Waals surface area contributed by atoms with Crippen LogP contribution < -0.4 is 10.2 Å². The van der Waals surface area contributed by atoms with Crippen molar-refractivity contribution in [1.29, 1.82) is 0 Å². The number of imide groups is 1. The summed E-state index contributed by atoms with van der Waals surface area (Å²) in [6, 6.07) is 16.0. The Morgan fingerprint density at radius 1 is 0.733 bits per heavy atom. The van der Waals surface area contributed by atoms with E-state index in [0.29, 0.717) is 22.5 Å². The lowest BCUT2D eigenvalue weighted by Gasteiger charge is -2.17. The van der Waals surface area contributed by atoms with Gasteiger partial charge >= 0.3 is 0 Å². The van der Waals surface area contributed by atoms with E-state index in [9.17, 15) is 14.4 Å². The maximum Gasteiger partial charge on any atom is 0.266 e. The van der Waals surface area contributed by atoms with Gasteiger partial charge in [-0.05, 0) is 74.7 Å². The third-order valence-electron chi connectivity index (χ3n) is 5.38. The van der Waals surface area contributed by atoms with Crippen LogP contribution >= 0.6 is 0 Å². The number of carbonyl (C=O) groups is 3. The zero-order valence-electron chi connectivity index (χ0n) is 17.4. The number of hydrogen-bond donors (Lipinski definition) is 1. The van der Waals surface area contributed by atoms with Gasteiger partial charge in [-0.1, -0.05) is 29.8 Å². The Morgan fingerprint density at radius 3 is 2.13 bits per heavy atom. The third-order valence-corrected chi connectivity index (χ3v) is 5.38. The predicted octanol–water partition coefficient (Wildman–Crippen LogP) is 4.97. The van der Waals surface area contributed by atoms with Crippen LogP contribution in [0, 0.1) is 27.7 Å². The summed E-state index contributed by atoms with van der Waals surface area (Å²) in [5.74, 6) is -1.11. The van der Waals surface area contributed by atoms with E-state index >= 15 is 0 Å². The van der Waals surface area contributed by atoms with Crippen molar-refractivity contribution in [1.82, 2.24) is 0 Å². The van der Waals surface area contributed by atoms with Gasteiger partial charge in [-0.2, -0.15) is 0 Å². The molecule has 1 heterocycles. The molecule has 1 N–H and O–H groups in total. The third kappa shape index (κ3) is 3.28. The Labute approximate surface area is 175 Å². The van der Waals surface area contributed by atoms with E-state index in [2.05, 4.69) is 5.32 Å². The van der Waals surface area contributed by atoms with Gasteiger partial charge in [0, 0.05) is 11.3 Å². The van der Waals surface area contributed by atoms with E-state index in [1.807, 2.05) is 64.1 Å². The van der Waals surface area contributed by atoms with Gasteiger partial charge in [-0.15, -0.1) is 0 Å². The van der Waals surface area contributed by atoms with Crippen molar-refractivity contribution in [3.8, 4) is 0 Å². The van der Waals surface area contributed by atoms with Crippen LogP contribution in [0.1, 0.15) is 53.3 Å². The lowest BCUT2D eigenvalue weighted by Crippen LogP contribution is -2.30. The highest BCUT2D eigenvalue weighted by Crippen LogP contribution is 2.32. The van der Waals surface area contributed by atoms with E-state index in [4.69, 9.17) is 0 Å². The van der Waals surface area contributed by atoms with Gasteiger partial charge in [0.1, 0.15) is 0 Å². The number of amides is 3. The standard InChI is InChI=1S/C25H22N2O3/c1-14-6-10-21(17(4)11-14)26-23(28)18-8-9-19-20(13-18)25(30)27(24(19)29)22-12-15(2)5-7-16(22)3/h5-13H,1-4H3,(H,26,28). The summed E-state index contributed by atoms with van der Waals surface area (Å²) in [4.78, 5) is 40.0. The molecule has 0 aromatic heterocycles. The fraction of sp³-hybridized carbons (Fsp3) is 0.160. The molecule has 150 valence electrons. The molecular weight excluding hydrogens is 376 g/mol. The number of hydrogen-bond acceptors (Lipinski definition) is 3. The van der Waals surface area contributed by atoms with Crippen molar-refractivity contribution in [2.45, 2.75) is 27.7 Å². The molecule has 0 unspecified atom stereocenters. The molecule has 4 rings (SSSR count). The molecule has 0 saturated heterocycles. The Balaban J connectivity index is 1.66. The van der Waals surface area contributed by atoms with Crippen molar-refractivity contribution in [2.24, 2.45) is 0 Å². The topological polar surface area (TPSA) is 66.5 Å². The van der Waals surface area contributed by atoms with Crippen LogP contribution in [0.5, 0.6) is 0 Å². The molecule has 0 saturated carbocycles. The molecule has 30 heavy (non-hydrogen) atoms. The van der Waals surface area contributed by atoms with Crippen LogP contribution in [0.2, 0.25) is 0 Å². The number of anilines is 2. The van der Waals surface area contributed by atoms with Gasteiger partial charge in [0.15, 0.2) is 0 Å². The molecule has 5 nitrogen and oxygen atoms in total. The second-order valence-electron chi connectivity index (χ2n) is 7.77. The molecule has 0 spiro atoms. The zero-order chi connectivity index (χ0) is 21.6. The smallest absolute Gasteiger partial charge is 0.266 e. The fourth-order valence-electron chi connectivity index (χ4n) is 3.71. The summed E-state index contributed by atoms with van der Waals surface area (Å²) in [5, 5.41) is 2.88. The molecule has 0 aliphatic carbocycles. The van der Waals surface area contributed by atoms with Crippen LogP contribution in [0.4, 0.5) is 11.4 Å². The highest BCUT2D eigenvalue weighted by atomic mass is 16.2. The highest BCUT2D eigenvalue weighted by molar-refractivity contribution is 6.35. The van der Waals surface area contributed by atoms with Crippen molar-refractivity contribution >= 4 is 29.1 Å². The average Bonchev–Trinajstić information content (AvgIpc) is 2.96. The zero-order valence-corrected chi connectivity index (χ0v) is 17.4. The average molecular weight is 398 g/mol. The lowest BCUT2D eigenvalue weighted by molar-refractivity contribution is 0.0925. The molecule has 0 fully saturated rings. The molecule has 0 radical (unpaired) electrons. The molecule has 3 aromatic rings. The van der Waals surface area contributed by atoms with Gasteiger partial charge < -0.3 is 5.32 Å². The molecule has 3 amide bonds. The molecule has 5 heteroatoms. The summed E-state index contributed by atoms with van der Waals surface area (Å²) in [6.07, 6.45) is 0. The summed E-state index contributed by atoms with van der Waals surface area (Å²) in [6.45, 7) is 7.69. The molecule has 1 aliphatic heterocycles. The number of carbonyl (C=O) groups excluding carboxylic acids is 3. The van der Waals surface area contributed by atoms with Crippen LogP contribution in [-0.2, 0) is 0 Å². The minimum atomic E-state index is -0.412. The SMILES string of the molecule is Cc1ccc(NC(=O)c2ccc3c(c2)C(=O)N(c2cc(C)ccc2C)C3=O)c(C)c1. The minimum Gasteiger partial charge on any atom is -0.322 e. The highest BCUT2D eigenvalue weighted by Gasteiger charge is 2.37. The van der Waals surface area contributed by atoms with Crippen molar-refractivity contribution in [2.75, 3.05) is 10.2 Å². The second-order valence-corrected chi connectivity index (χ2v) is 7.77. The van der Waals surface area contributed by atoms with Crippen LogP contribution in [0.25, 0.3) is 0 Å². The Kier molecular flexibility index (Phi) is 4.74. The second kappa shape index (κ2) is 7.26. The molecule has 0 bridgehead atoms. The van der Waals surface area contributed by atoms with E-state index in [1.165, 1.54) is 11.0 Å². The normalized spacial score (nSPS) is 12.9. The minimum absolute atomic E-state index is 0.245. The number of benzene rings is 3. The Bertz CT molecular complexity index is 1230. The monoisotopic (exact) mass is 398 g/mol. The summed E-state index contributed by atoms with van der Waals surface area (Å²) < 4.78 is 0. The van der Waals surface area contributed by atoms with E-state index in [-0.39, 0.29) is 17.4 Å². The summed E-state index contributed by atoms with van der Waals surface area (Å²) in [5.41, 5.74) is 6.03. The number of nitrogens with zero attached hydrogens (tertiary/aromatic N) is 1. The van der Waals surface area contributed by atoms with Gasteiger partial charge in [0.05, 0.1) is 16.8 Å². The van der Waals surface area contributed by atoms with Gasteiger partial charge in [-0.3, -0.25) is 14.4 Å². The number of fused-ring (bicyclic) bond motifs is 1. The van der Waals surface area contributed by atoms with Crippen LogP contribution in [0.15, 0.2) is 54.6 Å². The lowest BCUT2D eigenvalue weighted by atomic mass is 10.0. The largest absolute Gasteiger partial charge is 0.322 e. The fourth-order valence-corrected chi connectivity index (χ4v) is 3.71. The van der Waals surface area contributed by atoms with Crippen molar-refractivity contribution in [3.63, 3.8) is 0 Å². The maximum absolute atomic E-state index is 13.1. The first-order valence-electron chi connectivity index (χ1n) is 9.75. The van der Waals surface area contributed by atoms with Crippen LogP contribution in [0.3, 0.4) is 0 Å². The van der Waals surface area contributed by atoms with Gasteiger partial charge in [0.25, 0.3) is 17.7 Å². The molecule has 0 atom stereocenters. The van der Waals surface area contributed by atoms with Crippen molar-refractivity contribution in [3.05, 3.63) is 93.5 Å². The van der Waals surface area contributed by atoms with E-state index in [0.717, 1.165) is 22.3 Å². The molecule has 1 aliphatic rings. The first-order chi connectivity index (χ1) is 14.3. The Hall–Kier alpha value is -3.73. The predicted molar refractivity (Wildman–Crippen MR) is 117 cm³/mol.